The number of hydrogen-bond donors (Lipinski definition) is 1. The van der Waals surface area contributed by atoms with Crippen molar-refractivity contribution in [1.29, 1.82) is 0 Å². The second kappa shape index (κ2) is 8.99. The zero-order valence-electron chi connectivity index (χ0n) is 15.3. The summed E-state index contributed by atoms with van der Waals surface area (Å²) in [6.45, 7) is 2.47. The molecule has 2 atom stereocenters. The van der Waals surface area contributed by atoms with Gasteiger partial charge in [0.05, 0.1) is 4.91 Å². The largest absolute Gasteiger partial charge is 0.396 e. The van der Waals surface area contributed by atoms with Gasteiger partial charge in [-0.1, -0.05) is 54.3 Å². The van der Waals surface area contributed by atoms with Gasteiger partial charge in [0.25, 0.3) is 5.91 Å². The van der Waals surface area contributed by atoms with Crippen molar-refractivity contribution >= 4 is 46.2 Å². The summed E-state index contributed by atoms with van der Waals surface area (Å²) in [7, 11) is 0. The molecule has 0 unspecified atom stereocenters. The van der Waals surface area contributed by atoms with Crippen molar-refractivity contribution in [3.05, 3.63) is 40.8 Å². The first kappa shape index (κ1) is 20.0. The van der Waals surface area contributed by atoms with Crippen molar-refractivity contribution in [3.63, 3.8) is 0 Å². The summed E-state index contributed by atoms with van der Waals surface area (Å²) in [6, 6.07) is 9.00. The van der Waals surface area contributed by atoms with Gasteiger partial charge < -0.3 is 10.0 Å². The number of benzene rings is 1. The summed E-state index contributed by atoms with van der Waals surface area (Å²) in [5.41, 5.74) is 0.927. The number of hydrogen-bond acceptors (Lipinski definition) is 5. The molecule has 27 heavy (non-hydrogen) atoms. The molecule has 144 valence electrons. The van der Waals surface area contributed by atoms with Crippen molar-refractivity contribution in [1.82, 2.24) is 9.80 Å². The molecule has 2 aliphatic heterocycles. The fraction of sp³-hybridized carbons (Fsp3) is 0.450. The SMILES string of the molecule is C[C@H](C(=O)N1CCCC[C@H]1CCO)N1C(=O)/C(=C\c2ccccc2)SC1=S. The molecule has 0 aromatic heterocycles. The Bertz CT molecular complexity index is 749. The van der Waals surface area contributed by atoms with Gasteiger partial charge in [-0.05, 0) is 44.2 Å². The van der Waals surface area contributed by atoms with E-state index in [0.29, 0.717) is 22.2 Å². The fourth-order valence-corrected chi connectivity index (χ4v) is 5.02. The Morgan fingerprint density at radius 2 is 2.11 bits per heavy atom. The van der Waals surface area contributed by atoms with Gasteiger partial charge >= 0.3 is 0 Å². The number of nitrogens with zero attached hydrogens (tertiary/aromatic N) is 2. The molecule has 3 rings (SSSR count). The summed E-state index contributed by atoms with van der Waals surface area (Å²) >= 11 is 6.64. The summed E-state index contributed by atoms with van der Waals surface area (Å²) in [6.07, 6.45) is 5.29. The minimum Gasteiger partial charge on any atom is -0.396 e. The summed E-state index contributed by atoms with van der Waals surface area (Å²) in [5, 5.41) is 9.29. The predicted molar refractivity (Wildman–Crippen MR) is 112 cm³/mol. The van der Waals surface area contributed by atoms with E-state index in [-0.39, 0.29) is 24.5 Å². The van der Waals surface area contributed by atoms with Gasteiger partial charge in [-0.25, -0.2) is 0 Å². The Morgan fingerprint density at radius 3 is 2.81 bits per heavy atom. The van der Waals surface area contributed by atoms with Crippen molar-refractivity contribution < 1.29 is 14.7 Å². The van der Waals surface area contributed by atoms with E-state index in [1.54, 1.807) is 6.92 Å². The molecule has 1 aromatic rings. The summed E-state index contributed by atoms with van der Waals surface area (Å²) in [5.74, 6) is -0.309. The Hall–Kier alpha value is -1.70. The average Bonchev–Trinajstić information content (AvgIpc) is 2.95. The highest BCUT2D eigenvalue weighted by molar-refractivity contribution is 8.26. The maximum absolute atomic E-state index is 13.1. The van der Waals surface area contributed by atoms with Crippen LogP contribution in [0, 0.1) is 0 Å². The van der Waals surface area contributed by atoms with Crippen LogP contribution in [0.4, 0.5) is 0 Å². The number of thioether (sulfide) groups is 1. The Balaban J connectivity index is 1.76. The minimum atomic E-state index is -0.640. The van der Waals surface area contributed by atoms with Crippen molar-refractivity contribution in [2.45, 2.75) is 44.7 Å². The van der Waals surface area contributed by atoms with Gasteiger partial charge in [-0.15, -0.1) is 0 Å². The summed E-state index contributed by atoms with van der Waals surface area (Å²) in [4.78, 5) is 29.8. The third-order valence-electron chi connectivity index (χ3n) is 5.04. The quantitative estimate of drug-likeness (QED) is 0.604. The monoisotopic (exact) mass is 404 g/mol. The number of carbonyl (C=O) groups excluding carboxylic acids is 2. The molecule has 0 bridgehead atoms. The lowest BCUT2D eigenvalue weighted by atomic mass is 9.98. The number of likely N-dealkylation sites (tertiary alicyclic amines) is 1. The minimum absolute atomic E-state index is 0.0389. The fourth-order valence-electron chi connectivity index (χ4n) is 3.60. The lowest BCUT2D eigenvalue weighted by molar-refractivity contribution is -0.142. The van der Waals surface area contributed by atoms with Crippen LogP contribution in [0.25, 0.3) is 6.08 Å². The highest BCUT2D eigenvalue weighted by atomic mass is 32.2. The van der Waals surface area contributed by atoms with Crippen LogP contribution < -0.4 is 0 Å². The third-order valence-corrected chi connectivity index (χ3v) is 6.37. The molecule has 1 aromatic carbocycles. The smallest absolute Gasteiger partial charge is 0.266 e. The molecule has 2 fully saturated rings. The molecule has 7 heteroatoms. The number of aliphatic hydroxyl groups is 1. The van der Waals surface area contributed by atoms with Crippen LogP contribution in [0.1, 0.15) is 38.2 Å². The third kappa shape index (κ3) is 4.42. The predicted octanol–water partition coefficient (Wildman–Crippen LogP) is 3.04. The molecule has 2 aliphatic rings. The molecule has 0 radical (unpaired) electrons. The Morgan fingerprint density at radius 1 is 1.37 bits per heavy atom. The van der Waals surface area contributed by atoms with E-state index >= 15 is 0 Å². The van der Waals surface area contributed by atoms with E-state index in [0.717, 1.165) is 24.8 Å². The van der Waals surface area contributed by atoms with Gasteiger partial charge in [-0.2, -0.15) is 0 Å². The Labute approximate surface area is 169 Å². The van der Waals surface area contributed by atoms with Crippen LogP contribution in [0.3, 0.4) is 0 Å². The Kier molecular flexibility index (Phi) is 6.68. The van der Waals surface area contributed by atoms with Crippen LogP contribution >= 0.6 is 24.0 Å². The molecule has 2 amide bonds. The molecular formula is C20H24N2O3S2. The van der Waals surface area contributed by atoms with Crippen molar-refractivity contribution in [2.24, 2.45) is 0 Å². The van der Waals surface area contributed by atoms with Gasteiger partial charge in [0.2, 0.25) is 5.91 Å². The van der Waals surface area contributed by atoms with Gasteiger partial charge in [0, 0.05) is 19.2 Å². The molecule has 2 heterocycles. The normalized spacial score (nSPS) is 23.2. The van der Waals surface area contributed by atoms with E-state index < -0.39 is 6.04 Å². The van der Waals surface area contributed by atoms with E-state index in [1.165, 1.54) is 16.7 Å². The van der Waals surface area contributed by atoms with Crippen molar-refractivity contribution in [3.8, 4) is 0 Å². The number of thiocarbonyl (C=S) groups is 1. The standard InChI is InChI=1S/C20H24N2O3S2/c1-14(18(24)21-11-6-5-9-16(21)10-12-23)22-19(25)17(27-20(22)26)13-15-7-3-2-4-8-15/h2-4,7-8,13-14,16,23H,5-6,9-12H2,1H3/b17-13+/t14-,16+/m1/s1. The van der Waals surface area contributed by atoms with Crippen LogP contribution in [0.5, 0.6) is 0 Å². The molecule has 1 N–H and O–H groups in total. The molecule has 5 nitrogen and oxygen atoms in total. The lowest BCUT2D eigenvalue weighted by Gasteiger charge is -2.38. The molecule has 0 saturated carbocycles. The summed E-state index contributed by atoms with van der Waals surface area (Å²) < 4.78 is 0.416. The molecule has 0 aliphatic carbocycles. The van der Waals surface area contributed by atoms with E-state index in [2.05, 4.69) is 0 Å². The van der Waals surface area contributed by atoms with Crippen molar-refractivity contribution in [2.75, 3.05) is 13.2 Å². The maximum atomic E-state index is 13.1. The average molecular weight is 405 g/mol. The molecule has 0 spiro atoms. The number of piperidine rings is 1. The molecule has 2 saturated heterocycles. The van der Waals surface area contributed by atoms with Gasteiger partial charge in [0.1, 0.15) is 10.4 Å². The van der Waals surface area contributed by atoms with Crippen LogP contribution in [-0.2, 0) is 9.59 Å². The van der Waals surface area contributed by atoms with E-state index in [1.807, 2.05) is 41.3 Å². The highest BCUT2D eigenvalue weighted by Gasteiger charge is 2.40. The van der Waals surface area contributed by atoms with E-state index in [4.69, 9.17) is 12.2 Å². The first-order valence-electron chi connectivity index (χ1n) is 9.26. The second-order valence-corrected chi connectivity index (χ2v) is 8.51. The van der Waals surface area contributed by atoms with E-state index in [9.17, 15) is 14.7 Å². The molecular weight excluding hydrogens is 380 g/mol. The second-order valence-electron chi connectivity index (χ2n) is 6.83. The maximum Gasteiger partial charge on any atom is 0.266 e. The first-order valence-corrected chi connectivity index (χ1v) is 10.5. The first-order chi connectivity index (χ1) is 13.0. The zero-order valence-corrected chi connectivity index (χ0v) is 17.0. The van der Waals surface area contributed by atoms with Gasteiger partial charge in [-0.3, -0.25) is 14.5 Å². The van der Waals surface area contributed by atoms with Crippen LogP contribution in [-0.4, -0.2) is 56.3 Å². The number of rotatable bonds is 5. The topological polar surface area (TPSA) is 60.9 Å². The van der Waals surface area contributed by atoms with Crippen LogP contribution in [0.15, 0.2) is 35.2 Å². The number of aliphatic hydroxyl groups excluding tert-OH is 1. The number of carbonyl (C=O) groups is 2. The lowest BCUT2D eigenvalue weighted by Crippen LogP contribution is -2.53. The highest BCUT2D eigenvalue weighted by Crippen LogP contribution is 2.34. The van der Waals surface area contributed by atoms with Gasteiger partial charge in [0.15, 0.2) is 0 Å². The zero-order chi connectivity index (χ0) is 19.4. The number of amides is 2. The van der Waals surface area contributed by atoms with Crippen LogP contribution in [0.2, 0.25) is 0 Å².